The summed E-state index contributed by atoms with van der Waals surface area (Å²) >= 11 is 0. The van der Waals surface area contributed by atoms with Crippen molar-refractivity contribution in [1.82, 2.24) is 0 Å². The van der Waals surface area contributed by atoms with E-state index in [1.54, 1.807) is 54.6 Å². The van der Waals surface area contributed by atoms with Crippen LogP contribution in [-0.4, -0.2) is 24.4 Å². The van der Waals surface area contributed by atoms with Gasteiger partial charge < -0.3 is 9.47 Å². The smallest absolute Gasteiger partial charge is 0.346 e. The number of carbonyl (C=O) groups excluding carboxylic acids is 4. The normalized spacial score (nSPS) is 12.0. The lowest BCUT2D eigenvalue weighted by Gasteiger charge is -2.08. The number of carbonyl (C=O) groups is 4. The molecule has 0 saturated heterocycles. The highest BCUT2D eigenvalue weighted by molar-refractivity contribution is 6.07. The molecule has 0 spiro atoms. The highest BCUT2D eigenvalue weighted by Gasteiger charge is 2.20. The highest BCUT2D eigenvalue weighted by atomic mass is 16.6. The van der Waals surface area contributed by atoms with Gasteiger partial charge in [0.05, 0.1) is 16.7 Å². The third-order valence-electron chi connectivity index (χ3n) is 4.64. The first kappa shape index (κ1) is 19.0. The third-order valence-corrected chi connectivity index (χ3v) is 4.64. The first-order chi connectivity index (χ1) is 14.5. The summed E-state index contributed by atoms with van der Waals surface area (Å²) in [5.74, 6) is -2.16. The van der Waals surface area contributed by atoms with Crippen LogP contribution in [0.5, 0.6) is 0 Å². The maximum atomic E-state index is 12.0. The molecule has 3 aromatic rings. The molecule has 3 aromatic carbocycles. The lowest BCUT2D eigenvalue weighted by atomic mass is 10.0. The molecule has 1 aliphatic rings. The SMILES string of the molecule is O=COC(=O)c1ccccc2cc(cc1)c1ccc3cc(ccc2c1)C(=O)OC3=O. The Balaban J connectivity index is 2.06. The molecule has 0 atom stereocenters. The standard InChI is InChI=1S/C24H14O6/c25-14-29-22(26)15-3-1-2-4-16-11-18(6-5-15)19-8-10-21-13-20(9-7-17(16)12-19)23(27)30-24(21)28/h1-14H. The van der Waals surface area contributed by atoms with Gasteiger partial charge in [0, 0.05) is 0 Å². The molecule has 0 saturated carbocycles. The van der Waals surface area contributed by atoms with Crippen molar-refractivity contribution in [1.29, 1.82) is 0 Å². The number of hydrogen-bond donors (Lipinski definition) is 0. The van der Waals surface area contributed by atoms with Crippen LogP contribution >= 0.6 is 0 Å². The Morgan fingerprint density at radius 1 is 0.700 bits per heavy atom. The van der Waals surface area contributed by atoms with Crippen molar-refractivity contribution < 1.29 is 28.7 Å². The van der Waals surface area contributed by atoms with E-state index in [1.165, 1.54) is 6.07 Å². The lowest BCUT2D eigenvalue weighted by molar-refractivity contribution is -0.123. The van der Waals surface area contributed by atoms with Crippen molar-refractivity contribution in [2.75, 3.05) is 0 Å². The summed E-state index contributed by atoms with van der Waals surface area (Å²) in [6.07, 6.45) is 0. The number of benzene rings is 1. The first-order valence-corrected chi connectivity index (χ1v) is 8.99. The second-order valence-electron chi connectivity index (χ2n) is 6.52. The van der Waals surface area contributed by atoms with Gasteiger partial charge in [-0.15, -0.1) is 0 Å². The predicted octanol–water partition coefficient (Wildman–Crippen LogP) is 4.30. The minimum absolute atomic E-state index is 0.0879. The molecule has 0 fully saturated rings. The largest absolute Gasteiger partial charge is 0.392 e. The van der Waals surface area contributed by atoms with Crippen LogP contribution in [0.2, 0.25) is 0 Å². The molecule has 6 nitrogen and oxygen atoms in total. The summed E-state index contributed by atoms with van der Waals surface area (Å²) in [4.78, 5) is 46.3. The molecule has 6 heteroatoms. The van der Waals surface area contributed by atoms with Gasteiger partial charge >= 0.3 is 24.4 Å². The first-order valence-electron chi connectivity index (χ1n) is 8.99. The molecule has 0 aromatic heterocycles. The average Bonchev–Trinajstić information content (AvgIpc) is 2.73. The molecule has 0 aliphatic carbocycles. The fourth-order valence-electron chi connectivity index (χ4n) is 3.13. The van der Waals surface area contributed by atoms with Gasteiger partial charge in [0.15, 0.2) is 0 Å². The zero-order valence-electron chi connectivity index (χ0n) is 15.5. The molecule has 0 N–H and O–H groups in total. The van der Waals surface area contributed by atoms with Crippen LogP contribution in [0.4, 0.5) is 0 Å². The van der Waals surface area contributed by atoms with E-state index in [1.807, 2.05) is 18.2 Å². The number of cyclic esters (lactones) is 2. The second-order valence-corrected chi connectivity index (χ2v) is 6.52. The Morgan fingerprint density at radius 2 is 1.23 bits per heavy atom. The van der Waals surface area contributed by atoms with Crippen LogP contribution in [-0.2, 0) is 14.3 Å². The van der Waals surface area contributed by atoms with Gasteiger partial charge in [0.1, 0.15) is 0 Å². The lowest BCUT2D eigenvalue weighted by Crippen LogP contribution is -2.17. The molecule has 0 amide bonds. The molecule has 30 heavy (non-hydrogen) atoms. The number of esters is 3. The number of fused-ring (bicyclic) bond motifs is 8. The molecule has 6 bridgehead atoms. The number of hydrogen-bond acceptors (Lipinski definition) is 6. The van der Waals surface area contributed by atoms with Crippen LogP contribution in [0.25, 0.3) is 21.5 Å². The Morgan fingerprint density at radius 3 is 1.83 bits per heavy atom. The van der Waals surface area contributed by atoms with E-state index in [-0.39, 0.29) is 23.2 Å². The van der Waals surface area contributed by atoms with Crippen molar-refractivity contribution >= 4 is 45.9 Å². The van der Waals surface area contributed by atoms with Gasteiger partial charge in [-0.25, -0.2) is 14.4 Å². The quantitative estimate of drug-likeness (QED) is 0.363. The van der Waals surface area contributed by atoms with E-state index < -0.39 is 17.9 Å². The highest BCUT2D eigenvalue weighted by Crippen LogP contribution is 2.22. The summed E-state index contributed by atoms with van der Waals surface area (Å²) in [6.45, 7) is 0.0879. The van der Waals surface area contributed by atoms with Crippen molar-refractivity contribution in [3.63, 3.8) is 0 Å². The molecule has 0 unspecified atom stereocenters. The minimum Gasteiger partial charge on any atom is -0.392 e. The van der Waals surface area contributed by atoms with E-state index in [4.69, 9.17) is 4.74 Å². The van der Waals surface area contributed by atoms with Crippen molar-refractivity contribution in [2.24, 2.45) is 0 Å². The van der Waals surface area contributed by atoms with Gasteiger partial charge in [-0.3, -0.25) is 4.79 Å². The fourth-order valence-corrected chi connectivity index (χ4v) is 3.13. The van der Waals surface area contributed by atoms with Crippen molar-refractivity contribution in [3.05, 3.63) is 95.6 Å². The van der Waals surface area contributed by atoms with Gasteiger partial charge in [0.2, 0.25) is 0 Å². The summed E-state index contributed by atoms with van der Waals surface area (Å²) in [5.41, 5.74) is 0.736. The van der Waals surface area contributed by atoms with Crippen molar-refractivity contribution in [3.8, 4) is 0 Å². The summed E-state index contributed by atoms with van der Waals surface area (Å²) in [7, 11) is 0. The maximum absolute atomic E-state index is 12.0. The summed E-state index contributed by atoms with van der Waals surface area (Å²) in [5, 5.41) is 3.30. The molecular weight excluding hydrogens is 384 g/mol. The zero-order chi connectivity index (χ0) is 21.1. The second kappa shape index (κ2) is 7.97. The Bertz CT molecular complexity index is 1320. The van der Waals surface area contributed by atoms with E-state index in [2.05, 4.69) is 4.74 Å². The Hall–Kier alpha value is -4.32. The van der Waals surface area contributed by atoms with Gasteiger partial charge in [-0.1, -0.05) is 36.4 Å². The van der Waals surface area contributed by atoms with Crippen LogP contribution in [0.3, 0.4) is 0 Å². The van der Waals surface area contributed by atoms with Crippen LogP contribution in [0.1, 0.15) is 31.1 Å². The van der Waals surface area contributed by atoms with Crippen molar-refractivity contribution in [2.45, 2.75) is 0 Å². The van der Waals surface area contributed by atoms with Gasteiger partial charge in [-0.2, -0.15) is 0 Å². The van der Waals surface area contributed by atoms with E-state index >= 15 is 0 Å². The topological polar surface area (TPSA) is 86.7 Å². The average molecular weight is 398 g/mol. The zero-order valence-corrected chi connectivity index (χ0v) is 15.5. The van der Waals surface area contributed by atoms with Crippen LogP contribution < -0.4 is 0 Å². The monoisotopic (exact) mass is 398 g/mol. The molecule has 0 radical (unpaired) electrons. The van der Waals surface area contributed by atoms with Gasteiger partial charge in [0.25, 0.3) is 0 Å². The molecule has 4 rings (SSSR count). The molecule has 146 valence electrons. The fraction of sp³-hybridized carbons (Fsp3) is 0. The Kier molecular flexibility index (Phi) is 5.05. The Labute approximate surface area is 170 Å². The molecular formula is C24H14O6. The number of rotatable bonds is 2. The predicted molar refractivity (Wildman–Crippen MR) is 109 cm³/mol. The molecule has 1 heterocycles. The third kappa shape index (κ3) is 3.79. The van der Waals surface area contributed by atoms with E-state index in [0.29, 0.717) is 0 Å². The number of ether oxygens (including phenoxy) is 2. The maximum Gasteiger partial charge on any atom is 0.346 e. The van der Waals surface area contributed by atoms with Crippen LogP contribution in [0.15, 0.2) is 78.9 Å². The summed E-state index contributed by atoms with van der Waals surface area (Å²) < 4.78 is 9.22. The van der Waals surface area contributed by atoms with E-state index in [9.17, 15) is 19.2 Å². The minimum atomic E-state index is -0.763. The van der Waals surface area contributed by atoms with Crippen LogP contribution in [0, 0.1) is 0 Å². The summed E-state index contributed by atoms with van der Waals surface area (Å²) in [6, 6.07) is 22.1. The van der Waals surface area contributed by atoms with E-state index in [0.717, 1.165) is 21.5 Å². The molecule has 1 aliphatic heterocycles. The van der Waals surface area contributed by atoms with Gasteiger partial charge in [-0.05, 0) is 64.0 Å².